The van der Waals surface area contributed by atoms with E-state index >= 15 is 0 Å². The van der Waals surface area contributed by atoms with Gasteiger partial charge in [-0.3, -0.25) is 14.4 Å². The third-order valence-corrected chi connectivity index (χ3v) is 6.44. The van der Waals surface area contributed by atoms with Crippen molar-refractivity contribution in [3.8, 4) is 0 Å². The molecule has 0 aliphatic rings. The van der Waals surface area contributed by atoms with E-state index in [9.17, 15) is 14.4 Å². The number of carbonyl (C=O) groups excluding carboxylic acids is 3. The van der Waals surface area contributed by atoms with Crippen LogP contribution in [0.3, 0.4) is 0 Å². The zero-order valence-corrected chi connectivity index (χ0v) is 20.2. The number of aromatic nitrogens is 1. The van der Waals surface area contributed by atoms with Gasteiger partial charge in [-0.15, -0.1) is 23.1 Å². The van der Waals surface area contributed by atoms with Crippen molar-refractivity contribution in [1.82, 2.24) is 4.98 Å². The van der Waals surface area contributed by atoms with Gasteiger partial charge in [-0.1, -0.05) is 17.7 Å². The summed E-state index contributed by atoms with van der Waals surface area (Å²) in [6.45, 7) is 5.85. The molecule has 1 aromatic heterocycles. The summed E-state index contributed by atoms with van der Waals surface area (Å²) in [5, 5.41) is 7.47. The summed E-state index contributed by atoms with van der Waals surface area (Å²) in [4.78, 5) is 41.6. The Labute approximate surface area is 201 Å². The summed E-state index contributed by atoms with van der Waals surface area (Å²) in [6, 6.07) is 14.7. The highest BCUT2D eigenvalue weighted by Gasteiger charge is 2.17. The maximum Gasteiger partial charge on any atom is 0.311 e. The van der Waals surface area contributed by atoms with E-state index in [1.165, 1.54) is 23.1 Å². The maximum absolute atomic E-state index is 12.5. The van der Waals surface area contributed by atoms with E-state index in [1.807, 2.05) is 43.3 Å². The Morgan fingerprint density at radius 3 is 2.42 bits per heavy atom. The smallest absolute Gasteiger partial charge is 0.311 e. The van der Waals surface area contributed by atoms with Crippen molar-refractivity contribution in [3.05, 3.63) is 70.7 Å². The van der Waals surface area contributed by atoms with Gasteiger partial charge in [0.25, 0.3) is 5.91 Å². The van der Waals surface area contributed by atoms with Crippen LogP contribution >= 0.6 is 23.1 Å². The van der Waals surface area contributed by atoms with Crippen LogP contribution in [0, 0.1) is 6.92 Å². The molecule has 0 fully saturated rings. The molecule has 0 saturated heterocycles. The molecule has 2 amide bonds. The van der Waals surface area contributed by atoms with Gasteiger partial charge in [-0.25, -0.2) is 4.98 Å². The molecule has 0 aliphatic heterocycles. The molecule has 3 aromatic rings. The Hall–Kier alpha value is -3.17. The molecule has 0 radical (unpaired) electrons. The predicted octanol–water partition coefficient (Wildman–Crippen LogP) is 4.93. The molecule has 2 N–H and O–H groups in total. The average Bonchev–Trinajstić information content (AvgIpc) is 3.22. The number of anilines is 2. The fourth-order valence-corrected chi connectivity index (χ4v) is 4.38. The lowest BCUT2D eigenvalue weighted by atomic mass is 10.1. The van der Waals surface area contributed by atoms with Gasteiger partial charge in [-0.05, 0) is 57.2 Å². The first kappa shape index (κ1) is 24.5. The monoisotopic (exact) mass is 483 g/mol. The van der Waals surface area contributed by atoms with Gasteiger partial charge in [0.1, 0.15) is 0 Å². The number of nitrogens with one attached hydrogen (secondary N) is 2. The molecule has 1 heterocycles. The number of hydrogen-bond donors (Lipinski definition) is 2. The van der Waals surface area contributed by atoms with E-state index in [0.29, 0.717) is 28.7 Å². The van der Waals surface area contributed by atoms with Crippen molar-refractivity contribution in [2.24, 2.45) is 0 Å². The number of nitrogens with zero attached hydrogens (tertiary/aromatic N) is 1. The second-order valence-corrected chi connectivity index (χ2v) is 9.49. The van der Waals surface area contributed by atoms with Crippen LogP contribution in [0.1, 0.15) is 35.5 Å². The van der Waals surface area contributed by atoms with Crippen molar-refractivity contribution in [1.29, 1.82) is 0 Å². The fraction of sp³-hybridized carbons (Fsp3) is 0.250. The number of benzene rings is 2. The molecular weight excluding hydrogens is 458 g/mol. The number of thiazole rings is 1. The molecule has 172 valence electrons. The normalized spacial score (nSPS) is 11.5. The lowest BCUT2D eigenvalue weighted by molar-refractivity contribution is -0.142. The first-order valence-corrected chi connectivity index (χ1v) is 12.2. The lowest BCUT2D eigenvalue weighted by Gasteiger charge is -2.11. The molecule has 9 heteroatoms. The SMILES string of the molecule is CCOC(=O)Cc1csc(NC(=O)C(C)Sc2ccc(NC(=O)c3ccc(C)cc3)cc2)n1. The summed E-state index contributed by atoms with van der Waals surface area (Å²) < 4.78 is 4.91. The standard InChI is InChI=1S/C24H25N3O4S2/c1-4-31-21(28)13-19-14-32-24(26-19)27-22(29)16(3)33-20-11-9-18(10-12-20)25-23(30)17-7-5-15(2)6-8-17/h5-12,14,16H,4,13H2,1-3H3,(H,25,30)(H,26,27,29). The van der Waals surface area contributed by atoms with Crippen LogP contribution in [-0.2, 0) is 20.7 Å². The first-order valence-electron chi connectivity index (χ1n) is 10.4. The topological polar surface area (TPSA) is 97.4 Å². The van der Waals surface area contributed by atoms with Crippen LogP contribution in [0.15, 0.2) is 58.8 Å². The number of esters is 1. The zero-order valence-electron chi connectivity index (χ0n) is 18.6. The summed E-state index contributed by atoms with van der Waals surface area (Å²) in [6.07, 6.45) is 0.0807. The first-order chi connectivity index (χ1) is 15.8. The van der Waals surface area contributed by atoms with Crippen LogP contribution in [0.25, 0.3) is 0 Å². The largest absolute Gasteiger partial charge is 0.466 e. The van der Waals surface area contributed by atoms with E-state index in [0.717, 1.165) is 10.5 Å². The highest BCUT2D eigenvalue weighted by molar-refractivity contribution is 8.00. The molecule has 0 bridgehead atoms. The predicted molar refractivity (Wildman–Crippen MR) is 132 cm³/mol. The molecule has 2 aromatic carbocycles. The van der Waals surface area contributed by atoms with Gasteiger partial charge in [0, 0.05) is 21.5 Å². The summed E-state index contributed by atoms with van der Waals surface area (Å²) in [7, 11) is 0. The number of rotatable bonds is 9. The van der Waals surface area contributed by atoms with Gasteiger partial charge >= 0.3 is 5.97 Å². The van der Waals surface area contributed by atoms with Crippen molar-refractivity contribution in [3.63, 3.8) is 0 Å². The van der Waals surface area contributed by atoms with E-state index in [4.69, 9.17) is 4.74 Å². The van der Waals surface area contributed by atoms with Crippen LogP contribution in [-0.4, -0.2) is 34.6 Å². The van der Waals surface area contributed by atoms with Gasteiger partial charge in [0.05, 0.1) is 24.0 Å². The second-order valence-electron chi connectivity index (χ2n) is 7.22. The number of aryl methyl sites for hydroxylation is 1. The molecule has 1 atom stereocenters. The van der Waals surface area contributed by atoms with Crippen molar-refractivity contribution in [2.45, 2.75) is 37.3 Å². The third-order valence-electron chi connectivity index (χ3n) is 4.52. The maximum atomic E-state index is 12.5. The third kappa shape index (κ3) is 7.44. The minimum Gasteiger partial charge on any atom is -0.466 e. The molecule has 0 spiro atoms. The average molecular weight is 484 g/mol. The summed E-state index contributed by atoms with van der Waals surface area (Å²) >= 11 is 2.67. The van der Waals surface area contributed by atoms with Gasteiger partial charge in [-0.2, -0.15) is 0 Å². The highest BCUT2D eigenvalue weighted by atomic mass is 32.2. The second kappa shape index (κ2) is 11.6. The van der Waals surface area contributed by atoms with E-state index in [1.54, 1.807) is 31.4 Å². The van der Waals surface area contributed by atoms with Gasteiger partial charge in [0.2, 0.25) is 5.91 Å². The Morgan fingerprint density at radius 2 is 1.76 bits per heavy atom. The Balaban J connectivity index is 1.50. The Kier molecular flexibility index (Phi) is 8.62. The minimum absolute atomic E-state index is 0.0807. The van der Waals surface area contributed by atoms with Crippen molar-refractivity contribution >= 4 is 51.7 Å². The molecular formula is C24H25N3O4S2. The number of hydrogen-bond acceptors (Lipinski definition) is 7. The zero-order chi connectivity index (χ0) is 23.8. The Bertz CT molecular complexity index is 1110. The molecule has 3 rings (SSSR count). The van der Waals surface area contributed by atoms with Gasteiger partial charge in [0.15, 0.2) is 5.13 Å². The minimum atomic E-state index is -0.365. The quantitative estimate of drug-likeness (QED) is 0.331. The summed E-state index contributed by atoms with van der Waals surface area (Å²) in [5.41, 5.74) is 2.94. The van der Waals surface area contributed by atoms with Crippen molar-refractivity contribution < 1.29 is 19.1 Å². The van der Waals surface area contributed by atoms with Gasteiger partial charge < -0.3 is 15.4 Å². The van der Waals surface area contributed by atoms with Crippen LogP contribution in [0.5, 0.6) is 0 Å². The van der Waals surface area contributed by atoms with Crippen molar-refractivity contribution in [2.75, 3.05) is 17.2 Å². The van der Waals surface area contributed by atoms with E-state index in [2.05, 4.69) is 15.6 Å². The van der Waals surface area contributed by atoms with Crippen LogP contribution < -0.4 is 10.6 Å². The molecule has 33 heavy (non-hydrogen) atoms. The molecule has 7 nitrogen and oxygen atoms in total. The number of carbonyl (C=O) groups is 3. The number of amides is 2. The number of thioether (sulfide) groups is 1. The van der Waals surface area contributed by atoms with E-state index in [-0.39, 0.29) is 29.5 Å². The molecule has 1 unspecified atom stereocenters. The molecule has 0 aliphatic carbocycles. The van der Waals surface area contributed by atoms with E-state index < -0.39 is 0 Å². The number of ether oxygens (including phenoxy) is 1. The molecule has 0 saturated carbocycles. The van der Waals surface area contributed by atoms with Crippen LogP contribution in [0.4, 0.5) is 10.8 Å². The Morgan fingerprint density at radius 1 is 1.06 bits per heavy atom. The fourth-order valence-electron chi connectivity index (χ4n) is 2.80. The van der Waals surface area contributed by atoms with Crippen LogP contribution in [0.2, 0.25) is 0 Å². The highest BCUT2D eigenvalue weighted by Crippen LogP contribution is 2.26. The lowest BCUT2D eigenvalue weighted by Crippen LogP contribution is -2.22. The summed E-state index contributed by atoms with van der Waals surface area (Å²) in [5.74, 6) is -0.703.